The van der Waals surface area contributed by atoms with Crippen LogP contribution in [0.2, 0.25) is 0 Å². The van der Waals surface area contributed by atoms with Crippen LogP contribution in [0, 0.1) is 5.82 Å². The Morgan fingerprint density at radius 1 is 1.24 bits per heavy atom. The van der Waals surface area contributed by atoms with E-state index in [-0.39, 0.29) is 13.2 Å². The third kappa shape index (κ3) is 3.94. The van der Waals surface area contributed by atoms with E-state index in [4.69, 9.17) is 15.6 Å². The Morgan fingerprint density at radius 3 is 2.83 bits per heavy atom. The number of rotatable bonds is 6. The molecule has 0 aliphatic heterocycles. The molecule has 1 aliphatic rings. The van der Waals surface area contributed by atoms with E-state index in [0.29, 0.717) is 5.88 Å². The highest BCUT2D eigenvalue weighted by atomic mass is 32.2. The van der Waals surface area contributed by atoms with Gasteiger partial charge in [-0.25, -0.2) is 22.9 Å². The molecule has 0 amide bonds. The van der Waals surface area contributed by atoms with Crippen LogP contribution in [0.1, 0.15) is 17.5 Å². The number of nitrogens with two attached hydrogens (primary N) is 2. The van der Waals surface area contributed by atoms with Gasteiger partial charge in [-0.15, -0.1) is 0 Å². The Kier molecular flexibility index (Phi) is 4.97. The number of hydrogen-bond acceptors (Lipinski definition) is 6. The van der Waals surface area contributed by atoms with Crippen molar-refractivity contribution in [3.63, 3.8) is 0 Å². The predicted octanol–water partition coefficient (Wildman–Crippen LogP) is 1.88. The van der Waals surface area contributed by atoms with Crippen LogP contribution >= 0.6 is 0 Å². The number of nitrogen functional groups attached to an aromatic ring is 1. The smallest absolute Gasteiger partial charge is 0.260 e. The largest absolute Gasteiger partial charge is 0.476 e. The minimum Gasteiger partial charge on any atom is -0.476 e. The van der Waals surface area contributed by atoms with Crippen LogP contribution in [0.4, 0.5) is 10.1 Å². The fourth-order valence-electron chi connectivity index (χ4n) is 3.53. The summed E-state index contributed by atoms with van der Waals surface area (Å²) >= 11 is 0. The Labute approximate surface area is 167 Å². The fourth-order valence-corrected chi connectivity index (χ4v) is 4.08. The molecule has 0 saturated carbocycles. The van der Waals surface area contributed by atoms with E-state index in [9.17, 15) is 12.8 Å². The molecule has 10 heteroatoms. The number of primary sulfonamides is 1. The molecule has 0 saturated heterocycles. The number of sulfonamides is 1. The molecule has 0 atom stereocenters. The van der Waals surface area contributed by atoms with Crippen molar-refractivity contribution >= 4 is 15.7 Å². The van der Waals surface area contributed by atoms with Gasteiger partial charge in [-0.2, -0.15) is 5.10 Å². The summed E-state index contributed by atoms with van der Waals surface area (Å²) in [5.41, 5.74) is 11.5. The van der Waals surface area contributed by atoms with Crippen LogP contribution in [0.15, 0.2) is 41.7 Å². The highest BCUT2D eigenvalue weighted by Gasteiger charge is 2.20. The van der Waals surface area contributed by atoms with Crippen LogP contribution in [0.5, 0.6) is 5.88 Å². The lowest BCUT2D eigenvalue weighted by atomic mass is 9.98. The molecular formula is C19H20FN5O3S. The van der Waals surface area contributed by atoms with E-state index in [1.165, 1.54) is 11.1 Å². The average molecular weight is 417 g/mol. The first-order valence-electron chi connectivity index (χ1n) is 9.08. The molecule has 1 aliphatic carbocycles. The first-order valence-corrected chi connectivity index (χ1v) is 10.6. The number of pyridine rings is 1. The van der Waals surface area contributed by atoms with Crippen LogP contribution < -0.4 is 15.6 Å². The number of anilines is 1. The number of aromatic nitrogens is 3. The van der Waals surface area contributed by atoms with Gasteiger partial charge in [-0.05, 0) is 42.0 Å². The van der Waals surface area contributed by atoms with Crippen molar-refractivity contribution in [2.24, 2.45) is 5.14 Å². The van der Waals surface area contributed by atoms with E-state index in [2.05, 4.69) is 16.1 Å². The summed E-state index contributed by atoms with van der Waals surface area (Å²) in [6.45, 7) is 0.237. The molecule has 0 radical (unpaired) electrons. The van der Waals surface area contributed by atoms with Crippen LogP contribution in [0.25, 0.3) is 11.1 Å². The minimum absolute atomic E-state index is 0.112. The quantitative estimate of drug-likeness (QED) is 0.590. The van der Waals surface area contributed by atoms with Crippen LogP contribution in [-0.4, -0.2) is 29.8 Å². The molecule has 0 fully saturated rings. The Morgan fingerprint density at radius 2 is 2.07 bits per heavy atom. The van der Waals surface area contributed by atoms with Crippen molar-refractivity contribution < 1.29 is 17.5 Å². The maximum absolute atomic E-state index is 13.6. The number of benzene rings is 1. The maximum atomic E-state index is 13.6. The zero-order chi connectivity index (χ0) is 20.6. The zero-order valence-electron chi connectivity index (χ0n) is 15.5. The van der Waals surface area contributed by atoms with Gasteiger partial charge in [0.05, 0.1) is 12.7 Å². The Hall–Kier alpha value is -2.98. The molecule has 1 aromatic carbocycles. The molecular weight excluding hydrogens is 397 g/mol. The monoisotopic (exact) mass is 417 g/mol. The van der Waals surface area contributed by atoms with Crippen molar-refractivity contribution in [1.29, 1.82) is 0 Å². The summed E-state index contributed by atoms with van der Waals surface area (Å²) in [5.74, 6) is -0.624. The van der Waals surface area contributed by atoms with E-state index >= 15 is 0 Å². The minimum atomic E-state index is -4.21. The molecule has 8 nitrogen and oxygen atoms in total. The van der Waals surface area contributed by atoms with Crippen LogP contribution in [-0.2, 0) is 29.4 Å². The zero-order valence-corrected chi connectivity index (χ0v) is 16.3. The van der Waals surface area contributed by atoms with Crippen LogP contribution in [0.3, 0.4) is 0 Å². The summed E-state index contributed by atoms with van der Waals surface area (Å²) in [7, 11) is -4.21. The van der Waals surface area contributed by atoms with Gasteiger partial charge >= 0.3 is 0 Å². The summed E-state index contributed by atoms with van der Waals surface area (Å²) in [4.78, 5) is 4.18. The molecule has 0 spiro atoms. The SMILES string of the molecule is Nc1c(-c2ccnc(OCCn3cc(F)c(S(N)(=O)=O)n3)c2)ccc2c1CCC2. The molecule has 152 valence electrons. The fraction of sp³-hybridized carbons (Fsp3) is 0.263. The first-order chi connectivity index (χ1) is 13.8. The van der Waals surface area contributed by atoms with Crippen molar-refractivity contribution in [1.82, 2.24) is 14.8 Å². The number of hydrogen-bond donors (Lipinski definition) is 2. The third-order valence-corrected chi connectivity index (χ3v) is 5.71. The number of halogens is 1. The van der Waals surface area contributed by atoms with Crippen molar-refractivity contribution in [2.75, 3.05) is 12.3 Å². The average Bonchev–Trinajstić information content (AvgIpc) is 3.29. The van der Waals surface area contributed by atoms with Crippen molar-refractivity contribution in [3.05, 3.63) is 53.6 Å². The highest BCUT2D eigenvalue weighted by Crippen LogP contribution is 2.35. The van der Waals surface area contributed by atoms with Gasteiger partial charge in [-0.1, -0.05) is 12.1 Å². The third-order valence-electron chi connectivity index (χ3n) is 4.90. The molecule has 0 bridgehead atoms. The molecule has 4 rings (SSSR count). The van der Waals surface area contributed by atoms with E-state index in [1.807, 2.05) is 12.1 Å². The lowest BCUT2D eigenvalue weighted by Crippen LogP contribution is -2.15. The number of fused-ring (bicyclic) bond motifs is 1. The van der Waals surface area contributed by atoms with Crippen molar-refractivity contribution in [2.45, 2.75) is 30.8 Å². The van der Waals surface area contributed by atoms with E-state index < -0.39 is 20.9 Å². The van der Waals surface area contributed by atoms with Gasteiger partial charge in [-0.3, -0.25) is 4.68 Å². The Balaban J connectivity index is 1.47. The molecule has 2 aromatic heterocycles. The van der Waals surface area contributed by atoms with Gasteiger partial charge in [0.1, 0.15) is 6.61 Å². The van der Waals surface area contributed by atoms with E-state index in [1.54, 1.807) is 12.3 Å². The Bertz CT molecular complexity index is 1180. The molecule has 4 N–H and O–H groups in total. The summed E-state index contributed by atoms with van der Waals surface area (Å²) in [6.07, 6.45) is 5.76. The second-order valence-electron chi connectivity index (χ2n) is 6.84. The van der Waals surface area contributed by atoms with Gasteiger partial charge in [0.25, 0.3) is 10.0 Å². The second kappa shape index (κ2) is 7.45. The summed E-state index contributed by atoms with van der Waals surface area (Å²) in [6, 6.07) is 7.78. The second-order valence-corrected chi connectivity index (χ2v) is 8.32. The van der Waals surface area contributed by atoms with Gasteiger partial charge in [0.2, 0.25) is 10.9 Å². The van der Waals surface area contributed by atoms with Crippen molar-refractivity contribution in [3.8, 4) is 17.0 Å². The predicted molar refractivity (Wildman–Crippen MR) is 105 cm³/mol. The normalized spacial score (nSPS) is 13.4. The standard InChI is InChI=1S/C19H20FN5O3S/c20-16-11-25(24-19(16)29(22,26)27)8-9-28-17-10-13(6-7-23-17)15-5-4-12-2-1-3-14(12)18(15)21/h4-7,10-11H,1-3,8-9,21H2,(H2,22,26,27). The topological polar surface area (TPSA) is 126 Å². The van der Waals surface area contributed by atoms with Gasteiger partial charge in [0, 0.05) is 23.5 Å². The number of nitrogens with zero attached hydrogens (tertiary/aromatic N) is 3. The molecule has 0 unspecified atom stereocenters. The molecule has 29 heavy (non-hydrogen) atoms. The molecule has 3 aromatic rings. The first kappa shape index (κ1) is 19.3. The lowest BCUT2D eigenvalue weighted by molar-refractivity contribution is 0.280. The number of ether oxygens (including phenoxy) is 1. The van der Waals surface area contributed by atoms with E-state index in [0.717, 1.165) is 47.0 Å². The molecule has 2 heterocycles. The lowest BCUT2D eigenvalue weighted by Gasteiger charge is -2.12. The van der Waals surface area contributed by atoms with Gasteiger partial charge < -0.3 is 10.5 Å². The van der Waals surface area contributed by atoms with Gasteiger partial charge in [0.15, 0.2) is 5.82 Å². The highest BCUT2D eigenvalue weighted by molar-refractivity contribution is 7.89. The number of aryl methyl sites for hydroxylation is 1. The maximum Gasteiger partial charge on any atom is 0.260 e. The summed E-state index contributed by atoms with van der Waals surface area (Å²) in [5, 5.41) is 7.76. The summed E-state index contributed by atoms with van der Waals surface area (Å²) < 4.78 is 42.9.